The van der Waals surface area contributed by atoms with E-state index in [-0.39, 0.29) is 11.7 Å². The Kier molecular flexibility index (Phi) is 2.90. The molecule has 0 saturated carbocycles. The second-order valence-electron chi connectivity index (χ2n) is 5.45. The number of allylic oxidation sites excluding steroid dienone is 1. The first-order valence-electron chi connectivity index (χ1n) is 7.26. The highest BCUT2D eigenvalue weighted by Gasteiger charge is 2.27. The van der Waals surface area contributed by atoms with Crippen molar-refractivity contribution in [2.75, 3.05) is 5.32 Å². The Morgan fingerprint density at radius 1 is 1.22 bits per heavy atom. The van der Waals surface area contributed by atoms with E-state index in [0.717, 1.165) is 16.3 Å². The molecular weight excluding hydrogens is 292 g/mol. The number of carbonyl (C=O) groups is 1. The summed E-state index contributed by atoms with van der Waals surface area (Å²) in [6, 6.07) is 13.7. The zero-order valence-corrected chi connectivity index (χ0v) is 12.4. The summed E-state index contributed by atoms with van der Waals surface area (Å²) in [5.41, 5.74) is 1.11. The average molecular weight is 306 g/mol. The van der Waals surface area contributed by atoms with Gasteiger partial charge in [0.25, 0.3) is 0 Å². The Morgan fingerprint density at radius 3 is 2.83 bits per heavy atom. The molecule has 0 fully saturated rings. The van der Waals surface area contributed by atoms with Gasteiger partial charge in [0.1, 0.15) is 17.6 Å². The number of rotatable bonds is 2. The van der Waals surface area contributed by atoms with Crippen molar-refractivity contribution in [1.82, 2.24) is 14.8 Å². The number of carboxylic acid groups (broad SMARTS) is 1. The summed E-state index contributed by atoms with van der Waals surface area (Å²) in [5, 5.41) is 18.8. The number of benzene rings is 2. The number of aryl methyl sites for hydroxylation is 1. The van der Waals surface area contributed by atoms with Crippen molar-refractivity contribution < 1.29 is 9.90 Å². The van der Waals surface area contributed by atoms with Crippen LogP contribution in [0.15, 0.2) is 54.2 Å². The second kappa shape index (κ2) is 4.95. The molecule has 0 aliphatic carbocycles. The van der Waals surface area contributed by atoms with Crippen LogP contribution < -0.4 is 5.32 Å². The minimum absolute atomic E-state index is 0.114. The zero-order chi connectivity index (χ0) is 16.0. The molecule has 6 heteroatoms. The van der Waals surface area contributed by atoms with Gasteiger partial charge >= 0.3 is 5.97 Å². The monoisotopic (exact) mass is 306 g/mol. The first-order valence-corrected chi connectivity index (χ1v) is 7.26. The lowest BCUT2D eigenvalue weighted by molar-refractivity contribution is -0.132. The summed E-state index contributed by atoms with van der Waals surface area (Å²) in [6.07, 6.45) is 1.67. The first kappa shape index (κ1) is 13.5. The molecule has 2 N–H and O–H groups in total. The summed E-state index contributed by atoms with van der Waals surface area (Å²) in [7, 11) is 0. The molecule has 1 aliphatic rings. The van der Waals surface area contributed by atoms with E-state index < -0.39 is 5.97 Å². The smallest absolute Gasteiger partial charge is 0.352 e. The average Bonchev–Trinajstić information content (AvgIpc) is 2.93. The highest BCUT2D eigenvalue weighted by atomic mass is 16.4. The van der Waals surface area contributed by atoms with Crippen LogP contribution in [-0.2, 0) is 4.79 Å². The Bertz CT molecular complexity index is 953. The summed E-state index contributed by atoms with van der Waals surface area (Å²) >= 11 is 0. The van der Waals surface area contributed by atoms with Crippen molar-refractivity contribution in [2.24, 2.45) is 0 Å². The molecule has 23 heavy (non-hydrogen) atoms. The van der Waals surface area contributed by atoms with Gasteiger partial charge in [0.05, 0.1) is 0 Å². The molecule has 3 aromatic rings. The van der Waals surface area contributed by atoms with Crippen molar-refractivity contribution in [3.8, 4) is 0 Å². The minimum Gasteiger partial charge on any atom is -0.477 e. The normalized spacial score (nSPS) is 16.6. The largest absolute Gasteiger partial charge is 0.477 e. The van der Waals surface area contributed by atoms with E-state index in [4.69, 9.17) is 0 Å². The van der Waals surface area contributed by atoms with Crippen molar-refractivity contribution in [1.29, 1.82) is 0 Å². The minimum atomic E-state index is -1.01. The summed E-state index contributed by atoms with van der Waals surface area (Å²) in [4.78, 5) is 15.7. The van der Waals surface area contributed by atoms with Gasteiger partial charge in [0, 0.05) is 0 Å². The van der Waals surface area contributed by atoms with Gasteiger partial charge in [-0.2, -0.15) is 10.1 Å². The van der Waals surface area contributed by atoms with Crippen LogP contribution in [0.1, 0.15) is 17.4 Å². The maximum absolute atomic E-state index is 11.4. The van der Waals surface area contributed by atoms with Gasteiger partial charge in [-0.15, -0.1) is 0 Å². The molecule has 1 aromatic heterocycles. The van der Waals surface area contributed by atoms with Crippen LogP contribution >= 0.6 is 0 Å². The van der Waals surface area contributed by atoms with Crippen molar-refractivity contribution in [3.63, 3.8) is 0 Å². The fourth-order valence-electron chi connectivity index (χ4n) is 2.95. The molecule has 0 spiro atoms. The van der Waals surface area contributed by atoms with E-state index in [9.17, 15) is 9.90 Å². The third-order valence-electron chi connectivity index (χ3n) is 3.94. The number of aromatic nitrogens is 3. The van der Waals surface area contributed by atoms with Gasteiger partial charge < -0.3 is 10.4 Å². The molecular formula is C17H14N4O2. The lowest BCUT2D eigenvalue weighted by atomic mass is 9.97. The van der Waals surface area contributed by atoms with Gasteiger partial charge in [-0.25, -0.2) is 9.48 Å². The Labute approximate surface area is 132 Å². The molecule has 0 amide bonds. The van der Waals surface area contributed by atoms with E-state index in [0.29, 0.717) is 11.8 Å². The molecule has 114 valence electrons. The fraction of sp³-hybridized carbons (Fsp3) is 0.118. The van der Waals surface area contributed by atoms with Crippen molar-refractivity contribution >= 4 is 22.7 Å². The zero-order valence-electron chi connectivity index (χ0n) is 12.4. The molecule has 0 unspecified atom stereocenters. The van der Waals surface area contributed by atoms with Gasteiger partial charge in [0.15, 0.2) is 0 Å². The van der Waals surface area contributed by atoms with Crippen LogP contribution in [-0.4, -0.2) is 25.8 Å². The van der Waals surface area contributed by atoms with E-state index in [1.54, 1.807) is 17.7 Å². The Hall–Kier alpha value is -3.15. The molecule has 2 aromatic carbocycles. The molecule has 6 nitrogen and oxygen atoms in total. The van der Waals surface area contributed by atoms with Crippen LogP contribution in [0.5, 0.6) is 0 Å². The standard InChI is InChI=1S/C17H14N4O2/c1-10-18-17-19-14(16(22)23)9-15(21(17)20-10)13-8-4-6-11-5-2-3-7-12(11)13/h2-9,15H,1H3,(H,22,23)(H,18,19,20)/t15-/m0/s1. The molecule has 1 aliphatic heterocycles. The number of hydrogen-bond donors (Lipinski definition) is 2. The van der Waals surface area contributed by atoms with E-state index in [2.05, 4.69) is 15.4 Å². The molecule has 0 saturated heterocycles. The number of fused-ring (bicyclic) bond motifs is 2. The summed E-state index contributed by atoms with van der Waals surface area (Å²) < 4.78 is 1.73. The van der Waals surface area contributed by atoms with E-state index in [1.807, 2.05) is 42.5 Å². The highest BCUT2D eigenvalue weighted by molar-refractivity contribution is 5.91. The maximum Gasteiger partial charge on any atom is 0.352 e. The summed E-state index contributed by atoms with van der Waals surface area (Å²) in [5.74, 6) is 0.0280. The van der Waals surface area contributed by atoms with Crippen LogP contribution in [0.2, 0.25) is 0 Å². The Morgan fingerprint density at radius 2 is 2.00 bits per heavy atom. The number of anilines is 1. The van der Waals surface area contributed by atoms with Crippen LogP contribution in [0.3, 0.4) is 0 Å². The number of aliphatic carboxylic acids is 1. The maximum atomic E-state index is 11.4. The van der Waals surface area contributed by atoms with Crippen LogP contribution in [0.25, 0.3) is 10.8 Å². The Balaban J connectivity index is 1.97. The summed E-state index contributed by atoms with van der Waals surface area (Å²) in [6.45, 7) is 1.79. The molecule has 2 heterocycles. The van der Waals surface area contributed by atoms with Crippen LogP contribution in [0, 0.1) is 6.92 Å². The third-order valence-corrected chi connectivity index (χ3v) is 3.94. The number of nitrogens with zero attached hydrogens (tertiary/aromatic N) is 3. The highest BCUT2D eigenvalue weighted by Crippen LogP contribution is 2.33. The van der Waals surface area contributed by atoms with Gasteiger partial charge in [-0.05, 0) is 29.3 Å². The third kappa shape index (κ3) is 2.15. The first-order chi connectivity index (χ1) is 11.1. The van der Waals surface area contributed by atoms with E-state index >= 15 is 0 Å². The van der Waals surface area contributed by atoms with Gasteiger partial charge in [-0.1, -0.05) is 42.5 Å². The SMILES string of the molecule is Cc1nc2n(n1)[C@H](c1cccc3ccccc13)C=C(C(=O)O)N2. The van der Waals surface area contributed by atoms with Crippen LogP contribution in [0.4, 0.5) is 5.95 Å². The number of carboxylic acids is 1. The predicted molar refractivity (Wildman–Crippen MR) is 86.2 cm³/mol. The predicted octanol–water partition coefficient (Wildman–Crippen LogP) is 2.72. The topological polar surface area (TPSA) is 80.0 Å². The quantitative estimate of drug-likeness (QED) is 0.761. The lowest BCUT2D eigenvalue weighted by Crippen LogP contribution is -2.24. The van der Waals surface area contributed by atoms with Crippen molar-refractivity contribution in [3.05, 3.63) is 65.6 Å². The number of nitrogens with one attached hydrogen (secondary N) is 1. The molecule has 0 radical (unpaired) electrons. The van der Waals surface area contributed by atoms with Gasteiger partial charge in [0.2, 0.25) is 5.95 Å². The van der Waals surface area contributed by atoms with Crippen molar-refractivity contribution in [2.45, 2.75) is 13.0 Å². The van der Waals surface area contributed by atoms with E-state index in [1.165, 1.54) is 0 Å². The molecule has 4 rings (SSSR count). The fourth-order valence-corrected chi connectivity index (χ4v) is 2.95. The lowest BCUT2D eigenvalue weighted by Gasteiger charge is -2.23. The number of hydrogen-bond acceptors (Lipinski definition) is 4. The molecule has 0 bridgehead atoms. The second-order valence-corrected chi connectivity index (χ2v) is 5.45. The van der Waals surface area contributed by atoms with Gasteiger partial charge in [-0.3, -0.25) is 0 Å². The molecule has 1 atom stereocenters.